The summed E-state index contributed by atoms with van der Waals surface area (Å²) in [5.41, 5.74) is 34.4. The van der Waals surface area contributed by atoms with Gasteiger partial charge >= 0.3 is 0 Å². The summed E-state index contributed by atoms with van der Waals surface area (Å²) in [7, 11) is 0. The van der Waals surface area contributed by atoms with Gasteiger partial charge in [0, 0.05) is 43.7 Å². The van der Waals surface area contributed by atoms with E-state index in [1.165, 1.54) is 155 Å². The summed E-state index contributed by atoms with van der Waals surface area (Å²) in [5.74, 6) is 0. The van der Waals surface area contributed by atoms with Gasteiger partial charge in [0.05, 0.1) is 22.1 Å². The number of para-hydroxylation sites is 4. The Balaban J connectivity index is 0.605. The number of nitrogens with zero attached hydrogens (tertiary/aromatic N) is 2. The lowest BCUT2D eigenvalue weighted by molar-refractivity contribution is 0.660. The molecule has 2 heteroatoms. The Morgan fingerprint density at radius 2 is 0.531 bits per heavy atom. The minimum absolute atomic E-state index is 0.193. The lowest BCUT2D eigenvalue weighted by Gasteiger charge is -2.24. The van der Waals surface area contributed by atoms with E-state index < -0.39 is 0 Å². The Bertz CT molecular complexity index is 5460. The van der Waals surface area contributed by atoms with Gasteiger partial charge in [-0.15, -0.1) is 0 Å². The molecule has 0 fully saturated rings. The summed E-state index contributed by atoms with van der Waals surface area (Å²) in [6, 6.07) is 121. The Hall–Kier alpha value is -11.8. The van der Waals surface area contributed by atoms with Crippen molar-refractivity contribution in [2.45, 2.75) is 38.5 Å². The average Bonchev–Trinajstić information content (AvgIpc) is 1.57. The van der Waals surface area contributed by atoms with Crippen LogP contribution < -0.4 is 0 Å². The maximum atomic E-state index is 2.47. The third kappa shape index (κ3) is 9.38. The first-order chi connectivity index (χ1) is 47.1. The average molecular weight is 1230 g/mol. The fourth-order valence-corrected chi connectivity index (χ4v) is 16.0. The highest BCUT2D eigenvalue weighted by Gasteiger charge is 2.38. The number of benzene rings is 14. The second kappa shape index (κ2) is 22.4. The molecule has 18 rings (SSSR count). The molecule has 14 aromatic carbocycles. The molecule has 0 saturated carbocycles. The molecule has 0 atom stereocenters. The van der Waals surface area contributed by atoms with Crippen molar-refractivity contribution in [3.63, 3.8) is 0 Å². The van der Waals surface area contributed by atoms with E-state index in [-0.39, 0.29) is 10.8 Å². The zero-order valence-corrected chi connectivity index (χ0v) is 54.2. The van der Waals surface area contributed by atoms with Crippen LogP contribution in [0.3, 0.4) is 0 Å². The fraction of sp³-hybridized carbons (Fsp3) is 0.0638. The van der Waals surface area contributed by atoms with Crippen molar-refractivity contribution in [3.8, 4) is 67.0 Å². The molecule has 2 aliphatic rings. The molecule has 16 aromatic rings. The summed E-state index contributed by atoms with van der Waals surface area (Å²) in [6.07, 6.45) is 4.70. The molecule has 96 heavy (non-hydrogen) atoms. The molecule has 0 bridgehead atoms. The van der Waals surface area contributed by atoms with Crippen LogP contribution in [0.1, 0.15) is 83.3 Å². The maximum Gasteiger partial charge on any atom is 0.0541 e. The van der Waals surface area contributed by atoms with Gasteiger partial charge in [-0.1, -0.05) is 270 Å². The van der Waals surface area contributed by atoms with Crippen molar-refractivity contribution in [3.05, 3.63) is 383 Å². The molecule has 2 aromatic heterocycles. The minimum Gasteiger partial charge on any atom is -0.309 e. The van der Waals surface area contributed by atoms with E-state index in [4.69, 9.17) is 0 Å². The van der Waals surface area contributed by atoms with E-state index >= 15 is 0 Å². The first-order valence-corrected chi connectivity index (χ1v) is 33.6. The van der Waals surface area contributed by atoms with Gasteiger partial charge in [0.25, 0.3) is 0 Å². The van der Waals surface area contributed by atoms with Gasteiger partial charge < -0.3 is 9.13 Å². The molecule has 0 spiro atoms. The molecule has 0 aliphatic heterocycles. The molecule has 0 saturated heterocycles. The minimum atomic E-state index is -0.193. The van der Waals surface area contributed by atoms with Crippen LogP contribution in [0.2, 0.25) is 0 Å². The molecule has 2 nitrogen and oxygen atoms in total. The van der Waals surface area contributed by atoms with Crippen LogP contribution in [0.15, 0.2) is 328 Å². The SMILES string of the molecule is CC1(C)c2cc(-c3ccc(C=C(c4ccccc4)c4ccc5c(c4)c4ccccc4n5-c4ccccc4)cc3)ccc2-c2ccc(-c3ccc4c(c3)C(C)(C)c3cc(-c5ccc(C=C(c6ccccc6)c6ccc7c(c6)c6ccccc6n7-c6ccccc6)cc5)ccc3-4)cc21. The third-order valence-corrected chi connectivity index (χ3v) is 21.0. The molecule has 0 amide bonds. The topological polar surface area (TPSA) is 9.86 Å². The van der Waals surface area contributed by atoms with E-state index in [0.29, 0.717) is 0 Å². The lowest BCUT2D eigenvalue weighted by atomic mass is 9.79. The number of rotatable bonds is 11. The molecule has 2 heterocycles. The molecule has 2 aliphatic carbocycles. The van der Waals surface area contributed by atoms with E-state index in [9.17, 15) is 0 Å². The van der Waals surface area contributed by atoms with E-state index in [1.807, 2.05) is 0 Å². The first kappa shape index (κ1) is 56.9. The van der Waals surface area contributed by atoms with Gasteiger partial charge in [-0.25, -0.2) is 0 Å². The normalized spacial score (nSPS) is 13.7. The molecule has 0 N–H and O–H groups in total. The summed E-state index contributed by atoms with van der Waals surface area (Å²) >= 11 is 0. The van der Waals surface area contributed by atoms with Crippen LogP contribution in [0.4, 0.5) is 0 Å². The fourth-order valence-electron chi connectivity index (χ4n) is 16.0. The van der Waals surface area contributed by atoms with Gasteiger partial charge in [-0.3, -0.25) is 0 Å². The maximum absolute atomic E-state index is 2.47. The van der Waals surface area contributed by atoms with Crippen molar-refractivity contribution in [2.24, 2.45) is 0 Å². The van der Waals surface area contributed by atoms with Gasteiger partial charge in [-0.05, 0) is 219 Å². The summed E-state index contributed by atoms with van der Waals surface area (Å²) in [4.78, 5) is 0. The van der Waals surface area contributed by atoms with Crippen molar-refractivity contribution in [1.82, 2.24) is 9.13 Å². The van der Waals surface area contributed by atoms with Crippen LogP contribution in [0.5, 0.6) is 0 Å². The number of hydrogen-bond acceptors (Lipinski definition) is 0. The molecular formula is C94H68N2. The summed E-state index contributed by atoms with van der Waals surface area (Å²) in [5, 5.41) is 4.98. The highest BCUT2D eigenvalue weighted by Crippen LogP contribution is 2.54. The van der Waals surface area contributed by atoms with Crippen LogP contribution in [-0.2, 0) is 10.8 Å². The van der Waals surface area contributed by atoms with Gasteiger partial charge in [0.1, 0.15) is 0 Å². The predicted molar refractivity (Wildman–Crippen MR) is 406 cm³/mol. The van der Waals surface area contributed by atoms with Crippen molar-refractivity contribution in [1.29, 1.82) is 0 Å². The molecule has 0 unspecified atom stereocenters. The lowest BCUT2D eigenvalue weighted by Crippen LogP contribution is -2.15. The number of aromatic nitrogens is 2. The molecule has 0 radical (unpaired) electrons. The van der Waals surface area contributed by atoms with Crippen LogP contribution in [-0.4, -0.2) is 9.13 Å². The molecule has 454 valence electrons. The smallest absolute Gasteiger partial charge is 0.0541 e. The zero-order valence-electron chi connectivity index (χ0n) is 54.2. The second-order valence-corrected chi connectivity index (χ2v) is 27.2. The van der Waals surface area contributed by atoms with Crippen molar-refractivity contribution >= 4 is 66.9 Å². The Morgan fingerprint density at radius 3 is 0.885 bits per heavy atom. The highest BCUT2D eigenvalue weighted by molar-refractivity contribution is 6.12. The Kier molecular flexibility index (Phi) is 13.3. The summed E-state index contributed by atoms with van der Waals surface area (Å²) in [6.45, 7) is 9.62. The first-order valence-electron chi connectivity index (χ1n) is 33.6. The van der Waals surface area contributed by atoms with Crippen molar-refractivity contribution < 1.29 is 0 Å². The van der Waals surface area contributed by atoms with Gasteiger partial charge in [-0.2, -0.15) is 0 Å². The van der Waals surface area contributed by atoms with E-state index in [0.717, 1.165) is 22.5 Å². The highest BCUT2D eigenvalue weighted by atomic mass is 15.0. The second-order valence-electron chi connectivity index (χ2n) is 27.2. The van der Waals surface area contributed by atoms with Gasteiger partial charge in [0.2, 0.25) is 0 Å². The quantitative estimate of drug-likeness (QED) is 0.114. The zero-order chi connectivity index (χ0) is 64.2. The Labute approximate surface area is 561 Å². The monoisotopic (exact) mass is 1220 g/mol. The number of hydrogen-bond donors (Lipinski definition) is 0. The van der Waals surface area contributed by atoms with Crippen LogP contribution in [0, 0.1) is 0 Å². The van der Waals surface area contributed by atoms with Crippen LogP contribution in [0.25, 0.3) is 134 Å². The Morgan fingerprint density at radius 1 is 0.240 bits per heavy atom. The van der Waals surface area contributed by atoms with Crippen molar-refractivity contribution in [2.75, 3.05) is 0 Å². The summed E-state index contributed by atoms with van der Waals surface area (Å²) < 4.78 is 4.77. The molecular weight excluding hydrogens is 1160 g/mol. The van der Waals surface area contributed by atoms with Gasteiger partial charge in [0.15, 0.2) is 0 Å². The van der Waals surface area contributed by atoms with Crippen LogP contribution >= 0.6 is 0 Å². The largest absolute Gasteiger partial charge is 0.309 e. The van der Waals surface area contributed by atoms with E-state index in [1.54, 1.807) is 0 Å². The predicted octanol–water partition coefficient (Wildman–Crippen LogP) is 24.7. The standard InChI is InChI=1S/C94H68N2/c1-93(2)85-57-67(63-37-33-61(34-38-63)53-81(65-21-9-5-10-22-65)71-45-51-91-83(55-71)79-29-17-19-31-89(79)95(91)73-25-13-7-14-26-73)41-47-75(85)77-49-43-69(59-87(77)93)70-44-50-78-76-48-42-68(58-86(76)94(3,4)88(78)60-70)64-39-35-62(36-40-64)54-82(66-23-11-6-12-24-66)72-46-52-92-84(56-72)80-30-18-20-32-90(80)96(92)74-27-15-8-16-28-74/h5-60H,1-4H3. The van der Waals surface area contributed by atoms with E-state index in [2.05, 4.69) is 377 Å². The number of fused-ring (bicyclic) bond motifs is 12. The third-order valence-electron chi connectivity index (χ3n) is 21.0.